The van der Waals surface area contributed by atoms with Crippen molar-refractivity contribution in [3.05, 3.63) is 42.0 Å². The first kappa shape index (κ1) is 14.0. The Morgan fingerprint density at radius 1 is 1.30 bits per heavy atom. The number of rotatable bonds is 6. The van der Waals surface area contributed by atoms with Crippen LogP contribution in [-0.4, -0.2) is 32.4 Å². The van der Waals surface area contributed by atoms with Crippen LogP contribution < -0.4 is 4.90 Å². The molecule has 0 unspecified atom stereocenters. The van der Waals surface area contributed by atoms with Gasteiger partial charge in [0.2, 0.25) is 0 Å². The van der Waals surface area contributed by atoms with Gasteiger partial charge in [-0.25, -0.2) is 0 Å². The SMILES string of the molecule is Cc1nnc(CN(CCC(=O)O)c2ccccc2)n1C. The van der Waals surface area contributed by atoms with Gasteiger partial charge in [0.05, 0.1) is 13.0 Å². The number of para-hydroxylation sites is 1. The molecule has 0 spiro atoms. The molecule has 0 amide bonds. The van der Waals surface area contributed by atoms with Gasteiger partial charge in [0.15, 0.2) is 5.82 Å². The smallest absolute Gasteiger partial charge is 0.305 e. The van der Waals surface area contributed by atoms with E-state index in [4.69, 9.17) is 5.11 Å². The number of aliphatic carboxylic acids is 1. The topological polar surface area (TPSA) is 71.2 Å². The molecule has 2 rings (SSSR count). The minimum absolute atomic E-state index is 0.0890. The Labute approximate surface area is 117 Å². The molecule has 1 aromatic carbocycles. The van der Waals surface area contributed by atoms with Crippen molar-refractivity contribution in [1.82, 2.24) is 14.8 Å². The molecule has 1 N–H and O–H groups in total. The molecule has 20 heavy (non-hydrogen) atoms. The number of carboxylic acids is 1. The van der Waals surface area contributed by atoms with Crippen LogP contribution in [0.1, 0.15) is 18.1 Å². The van der Waals surface area contributed by atoms with Gasteiger partial charge in [-0.3, -0.25) is 4.79 Å². The van der Waals surface area contributed by atoms with Crippen molar-refractivity contribution in [3.63, 3.8) is 0 Å². The van der Waals surface area contributed by atoms with Crippen LogP contribution in [0.5, 0.6) is 0 Å². The van der Waals surface area contributed by atoms with Gasteiger partial charge in [-0.1, -0.05) is 18.2 Å². The van der Waals surface area contributed by atoms with Crippen molar-refractivity contribution in [1.29, 1.82) is 0 Å². The Balaban J connectivity index is 2.18. The molecule has 6 nitrogen and oxygen atoms in total. The molecule has 0 aliphatic carbocycles. The maximum Gasteiger partial charge on any atom is 0.305 e. The minimum Gasteiger partial charge on any atom is -0.481 e. The van der Waals surface area contributed by atoms with Crippen LogP contribution in [0.3, 0.4) is 0 Å². The standard InChI is InChI=1S/C14H18N4O2/c1-11-15-16-13(17(11)2)10-18(9-8-14(19)20)12-6-4-3-5-7-12/h3-7H,8-10H2,1-2H3,(H,19,20). The third-order valence-corrected chi connectivity index (χ3v) is 3.23. The minimum atomic E-state index is -0.805. The van der Waals surface area contributed by atoms with Crippen LogP contribution in [-0.2, 0) is 18.4 Å². The molecule has 6 heteroatoms. The lowest BCUT2D eigenvalue weighted by Gasteiger charge is -2.23. The second-order valence-electron chi connectivity index (χ2n) is 4.62. The molecular formula is C14H18N4O2. The number of hydrogen-bond donors (Lipinski definition) is 1. The first-order valence-corrected chi connectivity index (χ1v) is 6.44. The maximum absolute atomic E-state index is 10.8. The first-order valence-electron chi connectivity index (χ1n) is 6.44. The number of nitrogens with zero attached hydrogens (tertiary/aromatic N) is 4. The second-order valence-corrected chi connectivity index (χ2v) is 4.62. The van der Waals surface area contributed by atoms with E-state index in [9.17, 15) is 4.79 Å². The van der Waals surface area contributed by atoms with Gasteiger partial charge >= 0.3 is 5.97 Å². The van der Waals surface area contributed by atoms with E-state index >= 15 is 0 Å². The quantitative estimate of drug-likeness (QED) is 0.866. The summed E-state index contributed by atoms with van der Waals surface area (Å²) in [6.45, 7) is 2.86. The number of carboxylic acid groups (broad SMARTS) is 1. The molecule has 1 aromatic heterocycles. The molecule has 0 aliphatic rings. The Kier molecular flexibility index (Phi) is 4.34. The van der Waals surface area contributed by atoms with Crippen molar-refractivity contribution >= 4 is 11.7 Å². The fourth-order valence-corrected chi connectivity index (χ4v) is 1.93. The van der Waals surface area contributed by atoms with Crippen LogP contribution >= 0.6 is 0 Å². The van der Waals surface area contributed by atoms with Gasteiger partial charge in [-0.05, 0) is 19.1 Å². The summed E-state index contributed by atoms with van der Waals surface area (Å²) in [7, 11) is 1.91. The molecule has 106 valence electrons. The third kappa shape index (κ3) is 3.34. The summed E-state index contributed by atoms with van der Waals surface area (Å²) in [5, 5.41) is 17.0. The molecule has 0 radical (unpaired) electrons. The van der Waals surface area contributed by atoms with Crippen molar-refractivity contribution < 1.29 is 9.90 Å². The lowest BCUT2D eigenvalue weighted by Crippen LogP contribution is -2.27. The maximum atomic E-state index is 10.8. The van der Waals surface area contributed by atoms with Gasteiger partial charge in [0.25, 0.3) is 0 Å². The van der Waals surface area contributed by atoms with Gasteiger partial charge in [0, 0.05) is 19.3 Å². The fourth-order valence-electron chi connectivity index (χ4n) is 1.93. The lowest BCUT2D eigenvalue weighted by molar-refractivity contribution is -0.136. The largest absolute Gasteiger partial charge is 0.481 e. The Morgan fingerprint density at radius 2 is 2.00 bits per heavy atom. The van der Waals surface area contributed by atoms with E-state index in [0.717, 1.165) is 17.3 Å². The van der Waals surface area contributed by atoms with Crippen molar-refractivity contribution in [2.75, 3.05) is 11.4 Å². The highest BCUT2D eigenvalue weighted by Crippen LogP contribution is 2.16. The number of aromatic nitrogens is 3. The number of carbonyl (C=O) groups is 1. The summed E-state index contributed by atoms with van der Waals surface area (Å²) in [4.78, 5) is 12.8. The lowest BCUT2D eigenvalue weighted by atomic mass is 10.2. The molecule has 2 aromatic rings. The van der Waals surface area contributed by atoms with E-state index < -0.39 is 5.97 Å². The molecule has 0 bridgehead atoms. The van der Waals surface area contributed by atoms with Crippen LogP contribution in [0.4, 0.5) is 5.69 Å². The van der Waals surface area contributed by atoms with Crippen LogP contribution in [0, 0.1) is 6.92 Å². The van der Waals surface area contributed by atoms with E-state index in [2.05, 4.69) is 10.2 Å². The Hall–Kier alpha value is -2.37. The summed E-state index contributed by atoms with van der Waals surface area (Å²) in [6.07, 6.45) is 0.0890. The highest BCUT2D eigenvalue weighted by molar-refractivity contribution is 5.67. The van der Waals surface area contributed by atoms with E-state index in [1.807, 2.05) is 53.8 Å². The molecule has 0 fully saturated rings. The fraction of sp³-hybridized carbons (Fsp3) is 0.357. The molecular weight excluding hydrogens is 256 g/mol. The number of benzene rings is 1. The Bertz CT molecular complexity index is 580. The van der Waals surface area contributed by atoms with Crippen LogP contribution in [0.15, 0.2) is 30.3 Å². The summed E-state index contributed by atoms with van der Waals surface area (Å²) in [5.41, 5.74) is 0.981. The summed E-state index contributed by atoms with van der Waals surface area (Å²) >= 11 is 0. The van der Waals surface area contributed by atoms with E-state index in [0.29, 0.717) is 13.1 Å². The number of anilines is 1. The van der Waals surface area contributed by atoms with Gasteiger partial charge < -0.3 is 14.6 Å². The van der Waals surface area contributed by atoms with Gasteiger partial charge in [-0.2, -0.15) is 0 Å². The predicted octanol–water partition coefficient (Wildman–Crippen LogP) is 1.60. The van der Waals surface area contributed by atoms with Gasteiger partial charge in [0.1, 0.15) is 5.82 Å². The average Bonchev–Trinajstić information content (AvgIpc) is 2.76. The normalized spacial score (nSPS) is 10.5. The zero-order chi connectivity index (χ0) is 14.5. The third-order valence-electron chi connectivity index (χ3n) is 3.23. The number of aryl methyl sites for hydroxylation is 1. The average molecular weight is 274 g/mol. The highest BCUT2D eigenvalue weighted by atomic mass is 16.4. The van der Waals surface area contributed by atoms with Gasteiger partial charge in [-0.15, -0.1) is 10.2 Å². The molecule has 0 saturated carbocycles. The van der Waals surface area contributed by atoms with Crippen molar-refractivity contribution in [2.24, 2.45) is 7.05 Å². The van der Waals surface area contributed by atoms with Crippen LogP contribution in [0.25, 0.3) is 0 Å². The molecule has 0 atom stereocenters. The number of hydrogen-bond acceptors (Lipinski definition) is 4. The van der Waals surface area contributed by atoms with Crippen molar-refractivity contribution in [3.8, 4) is 0 Å². The predicted molar refractivity (Wildman–Crippen MR) is 75.5 cm³/mol. The monoisotopic (exact) mass is 274 g/mol. The summed E-state index contributed by atoms with van der Waals surface area (Å²) in [5.74, 6) is 0.850. The molecule has 0 saturated heterocycles. The van der Waals surface area contributed by atoms with E-state index in [1.165, 1.54) is 0 Å². The highest BCUT2D eigenvalue weighted by Gasteiger charge is 2.13. The summed E-state index contributed by atoms with van der Waals surface area (Å²) in [6, 6.07) is 9.73. The second kappa shape index (κ2) is 6.18. The zero-order valence-electron chi connectivity index (χ0n) is 11.7. The summed E-state index contributed by atoms with van der Waals surface area (Å²) < 4.78 is 1.91. The first-order chi connectivity index (χ1) is 9.58. The molecule has 1 heterocycles. The van der Waals surface area contributed by atoms with Crippen molar-refractivity contribution in [2.45, 2.75) is 19.9 Å². The molecule has 0 aliphatic heterocycles. The van der Waals surface area contributed by atoms with E-state index in [-0.39, 0.29) is 6.42 Å². The Morgan fingerprint density at radius 3 is 2.55 bits per heavy atom. The van der Waals surface area contributed by atoms with E-state index in [1.54, 1.807) is 0 Å². The van der Waals surface area contributed by atoms with Crippen LogP contribution in [0.2, 0.25) is 0 Å². The zero-order valence-corrected chi connectivity index (χ0v) is 11.7.